The first kappa shape index (κ1) is 15.6. The minimum absolute atomic E-state index is 0.0784. The fourth-order valence-electron chi connectivity index (χ4n) is 2.56. The van der Waals surface area contributed by atoms with Gasteiger partial charge in [-0.15, -0.1) is 10.2 Å². The van der Waals surface area contributed by atoms with Crippen LogP contribution in [0.3, 0.4) is 0 Å². The molecule has 0 bridgehead atoms. The monoisotopic (exact) mass is 314 g/mol. The van der Waals surface area contributed by atoms with Gasteiger partial charge in [0.05, 0.1) is 5.25 Å². The molecular weight excluding hydrogens is 292 g/mol. The second-order valence-electron chi connectivity index (χ2n) is 5.55. The molecule has 1 amide bonds. The Morgan fingerprint density at radius 2 is 2.20 bits per heavy atom. The summed E-state index contributed by atoms with van der Waals surface area (Å²) in [6.07, 6.45) is 3.55. The Morgan fingerprint density at radius 3 is 2.85 bits per heavy atom. The molecule has 20 heavy (non-hydrogen) atoms. The average molecular weight is 314 g/mol. The molecule has 1 aliphatic carbocycles. The van der Waals surface area contributed by atoms with Crippen molar-refractivity contribution in [3.8, 4) is 0 Å². The summed E-state index contributed by atoms with van der Waals surface area (Å²) in [6.45, 7) is 6.40. The summed E-state index contributed by atoms with van der Waals surface area (Å²) in [5.41, 5.74) is 5.54. The van der Waals surface area contributed by atoms with E-state index in [0.717, 1.165) is 10.8 Å². The normalized spacial score (nSPS) is 28.1. The van der Waals surface area contributed by atoms with E-state index in [4.69, 9.17) is 5.73 Å². The molecule has 0 spiro atoms. The van der Waals surface area contributed by atoms with Gasteiger partial charge in [0.15, 0.2) is 4.34 Å². The molecule has 4 atom stereocenters. The molecule has 0 unspecified atom stereocenters. The zero-order valence-electron chi connectivity index (χ0n) is 12.1. The Balaban J connectivity index is 1.87. The zero-order chi connectivity index (χ0) is 14.7. The van der Waals surface area contributed by atoms with Crippen molar-refractivity contribution in [3.05, 3.63) is 0 Å². The first-order valence-corrected chi connectivity index (χ1v) is 8.73. The molecule has 112 valence electrons. The van der Waals surface area contributed by atoms with Gasteiger partial charge < -0.3 is 11.1 Å². The van der Waals surface area contributed by atoms with Gasteiger partial charge in [-0.25, -0.2) is 0 Å². The first-order chi connectivity index (χ1) is 9.47. The Kier molecular flexibility index (Phi) is 5.26. The van der Waals surface area contributed by atoms with Gasteiger partial charge in [-0.1, -0.05) is 49.8 Å². The van der Waals surface area contributed by atoms with Crippen LogP contribution in [-0.2, 0) is 4.79 Å². The van der Waals surface area contributed by atoms with E-state index in [1.807, 2.05) is 6.92 Å². The molecule has 1 aromatic rings. The Morgan fingerprint density at radius 1 is 1.45 bits per heavy atom. The number of aromatic nitrogens is 2. The molecule has 0 radical (unpaired) electrons. The molecule has 2 rings (SSSR count). The first-order valence-electron chi connectivity index (χ1n) is 7.03. The molecule has 3 N–H and O–H groups in total. The number of rotatable bonds is 4. The molecule has 0 saturated heterocycles. The van der Waals surface area contributed by atoms with Crippen LogP contribution in [-0.4, -0.2) is 27.4 Å². The van der Waals surface area contributed by atoms with Crippen molar-refractivity contribution in [3.63, 3.8) is 0 Å². The minimum atomic E-state index is -0.174. The number of hydrogen-bond acceptors (Lipinski definition) is 6. The number of amides is 1. The van der Waals surface area contributed by atoms with E-state index in [1.165, 1.54) is 35.9 Å². The predicted octanol–water partition coefficient (Wildman–Crippen LogP) is 2.54. The number of nitrogen functional groups attached to an aromatic ring is 1. The standard InChI is InChI=1S/C13H22N4OS2/c1-7-5-4-6-10(8(7)2)15-11(18)9(3)19-13-17-16-12(14)20-13/h7-10H,4-6H2,1-3H3,(H2,14,16)(H,15,18)/t7-,8-,9-,10+/m0/s1. The third-order valence-electron chi connectivity index (χ3n) is 4.10. The third kappa shape index (κ3) is 3.85. The quantitative estimate of drug-likeness (QED) is 0.835. The maximum atomic E-state index is 12.3. The van der Waals surface area contributed by atoms with Crippen molar-refractivity contribution in [2.24, 2.45) is 11.8 Å². The smallest absolute Gasteiger partial charge is 0.233 e. The minimum Gasteiger partial charge on any atom is -0.374 e. The SMILES string of the molecule is C[C@H]1[C@@H](C)CCC[C@H]1NC(=O)[C@H](C)Sc1nnc(N)s1. The van der Waals surface area contributed by atoms with Crippen LogP contribution >= 0.6 is 23.1 Å². The van der Waals surface area contributed by atoms with Crippen LogP contribution in [0.2, 0.25) is 0 Å². The summed E-state index contributed by atoms with van der Waals surface area (Å²) in [4.78, 5) is 12.3. The van der Waals surface area contributed by atoms with Crippen molar-refractivity contribution in [2.45, 2.75) is 55.7 Å². The summed E-state index contributed by atoms with van der Waals surface area (Å²) >= 11 is 2.73. The Bertz CT molecular complexity index is 465. The summed E-state index contributed by atoms with van der Waals surface area (Å²) in [6, 6.07) is 0.300. The molecular formula is C13H22N4OS2. The maximum absolute atomic E-state index is 12.3. The van der Waals surface area contributed by atoms with E-state index in [-0.39, 0.29) is 11.2 Å². The van der Waals surface area contributed by atoms with Crippen molar-refractivity contribution in [2.75, 3.05) is 5.73 Å². The number of anilines is 1. The maximum Gasteiger partial charge on any atom is 0.233 e. The van der Waals surface area contributed by atoms with Crippen LogP contribution in [0, 0.1) is 11.8 Å². The Labute approximate surface area is 128 Å². The zero-order valence-corrected chi connectivity index (χ0v) is 13.8. The van der Waals surface area contributed by atoms with Crippen molar-refractivity contribution in [1.82, 2.24) is 15.5 Å². The molecule has 5 nitrogen and oxygen atoms in total. The molecule has 0 aromatic carbocycles. The number of carbonyl (C=O) groups excluding carboxylic acids is 1. The van der Waals surface area contributed by atoms with E-state index in [2.05, 4.69) is 29.4 Å². The molecule has 7 heteroatoms. The summed E-state index contributed by atoms with van der Waals surface area (Å²) in [5, 5.41) is 11.2. The van der Waals surface area contributed by atoms with E-state index < -0.39 is 0 Å². The third-order valence-corrected chi connectivity index (χ3v) is 6.04. The number of nitrogens with zero attached hydrogens (tertiary/aromatic N) is 2. The van der Waals surface area contributed by atoms with E-state index in [1.54, 1.807) is 0 Å². The summed E-state index contributed by atoms with van der Waals surface area (Å²) in [5.74, 6) is 1.30. The van der Waals surface area contributed by atoms with E-state index in [9.17, 15) is 4.79 Å². The molecule has 0 aliphatic heterocycles. The van der Waals surface area contributed by atoms with E-state index in [0.29, 0.717) is 23.0 Å². The van der Waals surface area contributed by atoms with Crippen molar-refractivity contribution in [1.29, 1.82) is 0 Å². The number of hydrogen-bond donors (Lipinski definition) is 2. The highest BCUT2D eigenvalue weighted by atomic mass is 32.2. The van der Waals surface area contributed by atoms with Crippen LogP contribution < -0.4 is 11.1 Å². The van der Waals surface area contributed by atoms with Gasteiger partial charge in [-0.3, -0.25) is 4.79 Å². The van der Waals surface area contributed by atoms with Gasteiger partial charge in [-0.05, 0) is 25.2 Å². The van der Waals surface area contributed by atoms with E-state index >= 15 is 0 Å². The van der Waals surface area contributed by atoms with Crippen LogP contribution in [0.1, 0.15) is 40.0 Å². The van der Waals surface area contributed by atoms with Crippen molar-refractivity contribution < 1.29 is 4.79 Å². The lowest BCUT2D eigenvalue weighted by Crippen LogP contribution is -2.46. The lowest BCUT2D eigenvalue weighted by Gasteiger charge is -2.35. The molecule has 1 saturated carbocycles. The van der Waals surface area contributed by atoms with Gasteiger partial charge in [-0.2, -0.15) is 0 Å². The fourth-order valence-corrected chi connectivity index (χ4v) is 4.35. The van der Waals surface area contributed by atoms with Gasteiger partial charge >= 0.3 is 0 Å². The van der Waals surface area contributed by atoms with Crippen LogP contribution in [0.4, 0.5) is 5.13 Å². The molecule has 1 heterocycles. The fraction of sp³-hybridized carbons (Fsp3) is 0.769. The highest BCUT2D eigenvalue weighted by Gasteiger charge is 2.29. The Hall–Kier alpha value is -0.820. The highest BCUT2D eigenvalue weighted by molar-refractivity contribution is 8.02. The lowest BCUT2D eigenvalue weighted by molar-refractivity contribution is -0.121. The van der Waals surface area contributed by atoms with Gasteiger partial charge in [0.1, 0.15) is 0 Å². The van der Waals surface area contributed by atoms with Crippen LogP contribution in [0.5, 0.6) is 0 Å². The predicted molar refractivity (Wildman–Crippen MR) is 83.8 cm³/mol. The van der Waals surface area contributed by atoms with Crippen molar-refractivity contribution >= 4 is 34.1 Å². The number of nitrogens with two attached hydrogens (primary N) is 1. The molecule has 1 aliphatic rings. The summed E-state index contributed by atoms with van der Waals surface area (Å²) < 4.78 is 0.746. The number of carbonyl (C=O) groups is 1. The highest BCUT2D eigenvalue weighted by Crippen LogP contribution is 2.31. The molecule has 1 fully saturated rings. The van der Waals surface area contributed by atoms with Crippen LogP contribution in [0.15, 0.2) is 4.34 Å². The molecule has 1 aromatic heterocycles. The van der Waals surface area contributed by atoms with Gasteiger partial charge in [0, 0.05) is 6.04 Å². The second-order valence-corrected chi connectivity index (χ2v) is 8.15. The number of nitrogens with one attached hydrogen (secondary N) is 1. The van der Waals surface area contributed by atoms with Crippen LogP contribution in [0.25, 0.3) is 0 Å². The lowest BCUT2D eigenvalue weighted by atomic mass is 9.78. The second kappa shape index (κ2) is 6.76. The summed E-state index contributed by atoms with van der Waals surface area (Å²) in [7, 11) is 0. The van der Waals surface area contributed by atoms with Gasteiger partial charge in [0.25, 0.3) is 0 Å². The number of thioether (sulfide) groups is 1. The topological polar surface area (TPSA) is 80.9 Å². The average Bonchev–Trinajstić information content (AvgIpc) is 2.80. The largest absolute Gasteiger partial charge is 0.374 e. The van der Waals surface area contributed by atoms with Gasteiger partial charge in [0.2, 0.25) is 11.0 Å².